The Morgan fingerprint density at radius 1 is 1.57 bits per heavy atom. The van der Waals surface area contributed by atoms with E-state index in [4.69, 9.17) is 4.52 Å². The molecule has 1 unspecified atom stereocenters. The molecule has 78 valence electrons. The summed E-state index contributed by atoms with van der Waals surface area (Å²) in [6, 6.07) is 0. The van der Waals surface area contributed by atoms with Crippen LogP contribution in [0.5, 0.6) is 0 Å². The van der Waals surface area contributed by atoms with E-state index in [-0.39, 0.29) is 0 Å². The van der Waals surface area contributed by atoms with Gasteiger partial charge in [0, 0.05) is 16.8 Å². The van der Waals surface area contributed by atoms with Crippen LogP contribution < -0.4 is 0 Å². The first-order valence-corrected chi connectivity index (χ1v) is 6.25. The molecule has 1 aliphatic rings. The Kier molecular flexibility index (Phi) is 2.46. The molecule has 0 spiro atoms. The summed E-state index contributed by atoms with van der Waals surface area (Å²) in [6.45, 7) is 6.73. The first-order valence-electron chi connectivity index (χ1n) is 5.13. The van der Waals surface area contributed by atoms with Crippen molar-refractivity contribution in [2.45, 2.75) is 44.9 Å². The third-order valence-corrected chi connectivity index (χ3v) is 3.74. The average molecular weight is 258 g/mol. The molecule has 1 fully saturated rings. The molecule has 0 aliphatic heterocycles. The maximum absolute atomic E-state index is 5.46. The van der Waals surface area contributed by atoms with E-state index in [0.29, 0.717) is 11.3 Å². The molecule has 1 heterocycles. The molecule has 1 atom stereocenters. The molecule has 2 nitrogen and oxygen atoms in total. The molecule has 1 aliphatic carbocycles. The number of nitrogens with zero attached hydrogens (tertiary/aromatic N) is 1. The minimum Gasteiger partial charge on any atom is -0.360 e. The molecular formula is C11H16BrNO. The van der Waals surface area contributed by atoms with Gasteiger partial charge in [-0.25, -0.2) is 0 Å². The van der Waals surface area contributed by atoms with E-state index in [9.17, 15) is 0 Å². The van der Waals surface area contributed by atoms with Crippen LogP contribution in [0, 0.1) is 5.41 Å². The normalized spacial score (nSPS) is 23.9. The summed E-state index contributed by atoms with van der Waals surface area (Å²) < 4.78 is 5.46. The Labute approximate surface area is 93.2 Å². The Morgan fingerprint density at radius 2 is 2.21 bits per heavy atom. The van der Waals surface area contributed by atoms with E-state index in [0.717, 1.165) is 23.2 Å². The predicted octanol–water partition coefficient (Wildman–Crippen LogP) is 3.65. The van der Waals surface area contributed by atoms with Crippen LogP contribution in [0.3, 0.4) is 0 Å². The largest absolute Gasteiger partial charge is 0.360 e. The molecule has 2 rings (SSSR count). The van der Waals surface area contributed by atoms with E-state index >= 15 is 0 Å². The Hall–Kier alpha value is -0.310. The maximum Gasteiger partial charge on any atom is 0.143 e. The van der Waals surface area contributed by atoms with Crippen molar-refractivity contribution in [2.24, 2.45) is 5.41 Å². The second kappa shape index (κ2) is 3.37. The van der Waals surface area contributed by atoms with Crippen molar-refractivity contribution in [2.75, 3.05) is 0 Å². The second-order valence-electron chi connectivity index (χ2n) is 4.70. The van der Waals surface area contributed by atoms with Crippen LogP contribution in [0.25, 0.3) is 0 Å². The second-order valence-corrected chi connectivity index (χ2v) is 5.27. The first-order chi connectivity index (χ1) is 6.60. The molecule has 0 amide bonds. The number of halogens is 1. The minimum absolute atomic E-state index is 0.424. The van der Waals surface area contributed by atoms with E-state index in [2.05, 4.69) is 41.9 Å². The average Bonchev–Trinajstić information content (AvgIpc) is 2.64. The van der Waals surface area contributed by atoms with Gasteiger partial charge < -0.3 is 4.52 Å². The summed E-state index contributed by atoms with van der Waals surface area (Å²) in [4.78, 5) is 0. The zero-order valence-corrected chi connectivity index (χ0v) is 10.5. The summed E-state index contributed by atoms with van der Waals surface area (Å²) in [6.07, 6.45) is 2.25. The number of hydrogen-bond donors (Lipinski definition) is 0. The lowest BCUT2D eigenvalue weighted by atomic mass is 10.0. The highest BCUT2D eigenvalue weighted by atomic mass is 79.9. The van der Waals surface area contributed by atoms with Crippen LogP contribution in [0.15, 0.2) is 4.52 Å². The lowest BCUT2D eigenvalue weighted by molar-refractivity contribution is 0.368. The smallest absolute Gasteiger partial charge is 0.143 e. The first kappa shape index (κ1) is 10.2. The molecule has 0 saturated heterocycles. The van der Waals surface area contributed by atoms with Crippen molar-refractivity contribution in [1.82, 2.24) is 5.16 Å². The van der Waals surface area contributed by atoms with Crippen LogP contribution in [0.1, 0.15) is 50.1 Å². The van der Waals surface area contributed by atoms with Gasteiger partial charge in [-0.2, -0.15) is 0 Å². The third kappa shape index (κ3) is 1.52. The topological polar surface area (TPSA) is 26.0 Å². The zero-order chi connectivity index (χ0) is 10.3. The van der Waals surface area contributed by atoms with Crippen LogP contribution in [-0.2, 0) is 11.8 Å². The molecule has 3 heteroatoms. The highest BCUT2D eigenvalue weighted by Crippen LogP contribution is 2.59. The van der Waals surface area contributed by atoms with Crippen molar-refractivity contribution < 1.29 is 4.52 Å². The molecule has 1 saturated carbocycles. The van der Waals surface area contributed by atoms with Crippen molar-refractivity contribution in [1.29, 1.82) is 0 Å². The van der Waals surface area contributed by atoms with Gasteiger partial charge in [-0.05, 0) is 18.3 Å². The summed E-state index contributed by atoms with van der Waals surface area (Å²) in [5.74, 6) is 1.73. The van der Waals surface area contributed by atoms with Gasteiger partial charge in [0.15, 0.2) is 0 Å². The minimum atomic E-state index is 0.424. The number of rotatable bonds is 3. The molecule has 0 radical (unpaired) electrons. The van der Waals surface area contributed by atoms with Gasteiger partial charge in [-0.1, -0.05) is 41.9 Å². The summed E-state index contributed by atoms with van der Waals surface area (Å²) in [7, 11) is 0. The van der Waals surface area contributed by atoms with Gasteiger partial charge in [-0.3, -0.25) is 0 Å². The molecule has 1 aromatic rings. The molecule has 14 heavy (non-hydrogen) atoms. The fraction of sp³-hybridized carbons (Fsp3) is 0.727. The Bertz CT molecular complexity index is 343. The van der Waals surface area contributed by atoms with Crippen molar-refractivity contribution in [3.8, 4) is 0 Å². The lowest BCUT2D eigenvalue weighted by Crippen LogP contribution is -1.93. The van der Waals surface area contributed by atoms with Gasteiger partial charge in [0.05, 0.1) is 5.69 Å². The van der Waals surface area contributed by atoms with Gasteiger partial charge in [0.2, 0.25) is 0 Å². The van der Waals surface area contributed by atoms with E-state index in [1.54, 1.807) is 0 Å². The van der Waals surface area contributed by atoms with E-state index < -0.39 is 0 Å². The highest BCUT2D eigenvalue weighted by molar-refractivity contribution is 9.08. The molecule has 0 bridgehead atoms. The van der Waals surface area contributed by atoms with Crippen LogP contribution >= 0.6 is 15.9 Å². The standard InChI is InChI=1S/C11H16BrNO/c1-4-7-9(6-12)13-14-10(7)8-5-11(8,2)3/h8H,4-6H2,1-3H3. The maximum atomic E-state index is 5.46. The van der Waals surface area contributed by atoms with Crippen LogP contribution in [0.4, 0.5) is 0 Å². The summed E-state index contributed by atoms with van der Waals surface area (Å²) >= 11 is 3.44. The van der Waals surface area contributed by atoms with E-state index in [1.165, 1.54) is 12.0 Å². The monoisotopic (exact) mass is 257 g/mol. The van der Waals surface area contributed by atoms with Gasteiger partial charge in [0.1, 0.15) is 5.76 Å². The number of alkyl halides is 1. The fourth-order valence-corrected chi connectivity index (χ4v) is 2.47. The molecule has 0 aromatic carbocycles. The summed E-state index contributed by atoms with van der Waals surface area (Å²) in [5, 5.41) is 4.91. The van der Waals surface area contributed by atoms with Crippen molar-refractivity contribution in [3.05, 3.63) is 17.0 Å². The third-order valence-electron chi connectivity index (χ3n) is 3.21. The van der Waals surface area contributed by atoms with E-state index in [1.807, 2.05) is 0 Å². The van der Waals surface area contributed by atoms with Crippen LogP contribution in [0.2, 0.25) is 0 Å². The number of aromatic nitrogens is 1. The number of hydrogen-bond acceptors (Lipinski definition) is 2. The summed E-state index contributed by atoms with van der Waals surface area (Å²) in [5.41, 5.74) is 2.81. The Morgan fingerprint density at radius 3 is 2.64 bits per heavy atom. The lowest BCUT2D eigenvalue weighted by Gasteiger charge is -2.01. The van der Waals surface area contributed by atoms with Crippen molar-refractivity contribution in [3.63, 3.8) is 0 Å². The van der Waals surface area contributed by atoms with Gasteiger partial charge >= 0.3 is 0 Å². The van der Waals surface area contributed by atoms with Gasteiger partial charge in [-0.15, -0.1) is 0 Å². The SMILES string of the molecule is CCc1c(CBr)noc1C1CC1(C)C. The molecule has 1 aromatic heterocycles. The molecular weight excluding hydrogens is 242 g/mol. The fourth-order valence-electron chi connectivity index (χ4n) is 2.03. The quantitative estimate of drug-likeness (QED) is 0.773. The molecule has 0 N–H and O–H groups in total. The zero-order valence-electron chi connectivity index (χ0n) is 8.93. The van der Waals surface area contributed by atoms with Gasteiger partial charge in [0.25, 0.3) is 0 Å². The van der Waals surface area contributed by atoms with Crippen molar-refractivity contribution >= 4 is 15.9 Å². The predicted molar refractivity (Wildman–Crippen MR) is 59.7 cm³/mol. The Balaban J connectivity index is 2.31. The highest BCUT2D eigenvalue weighted by Gasteiger charge is 2.50. The van der Waals surface area contributed by atoms with Crippen LogP contribution in [-0.4, -0.2) is 5.16 Å².